The molecule has 1 saturated heterocycles. The van der Waals surface area contributed by atoms with Gasteiger partial charge in [-0.15, -0.1) is 0 Å². The molecule has 0 amide bonds. The van der Waals surface area contributed by atoms with Crippen molar-refractivity contribution in [3.63, 3.8) is 0 Å². The maximum absolute atomic E-state index is 6.02. The lowest BCUT2D eigenvalue weighted by atomic mass is 9.89. The van der Waals surface area contributed by atoms with Gasteiger partial charge in [-0.3, -0.25) is 0 Å². The summed E-state index contributed by atoms with van der Waals surface area (Å²) in [5, 5.41) is 0. The van der Waals surface area contributed by atoms with Gasteiger partial charge in [0.05, 0.1) is 5.60 Å². The molecule has 0 bridgehead atoms. The van der Waals surface area contributed by atoms with Crippen molar-refractivity contribution in [3.05, 3.63) is 11.6 Å². The summed E-state index contributed by atoms with van der Waals surface area (Å²) in [7, 11) is 0. The average molecular weight is 270 g/mol. The Balaban J connectivity index is 2.40. The Labute approximate surface area is 118 Å². The van der Waals surface area contributed by atoms with Gasteiger partial charge in [-0.1, -0.05) is 18.6 Å². The molecular weight excluding hydrogens is 240 g/mol. The van der Waals surface area contributed by atoms with E-state index in [2.05, 4.69) is 40.7 Å². The predicted molar refractivity (Wildman–Crippen MR) is 77.6 cm³/mol. The van der Waals surface area contributed by atoms with Crippen LogP contribution in [0.15, 0.2) is 11.6 Å². The van der Waals surface area contributed by atoms with Gasteiger partial charge >= 0.3 is 0 Å². The number of allylic oxidation sites excluding steroid dienone is 2. The Morgan fingerprint density at radius 3 is 2.32 bits per heavy atom. The first kappa shape index (κ1) is 16.7. The van der Waals surface area contributed by atoms with Gasteiger partial charge in [0.15, 0.2) is 6.29 Å². The first-order valence-electron chi connectivity index (χ1n) is 7.30. The van der Waals surface area contributed by atoms with E-state index in [9.17, 15) is 0 Å². The van der Waals surface area contributed by atoms with E-state index in [4.69, 9.17) is 14.5 Å². The maximum atomic E-state index is 6.02. The first-order chi connectivity index (χ1) is 8.64. The largest absolute Gasteiger partial charge is 0.341 e. The van der Waals surface area contributed by atoms with Crippen molar-refractivity contribution >= 4 is 0 Å². The summed E-state index contributed by atoms with van der Waals surface area (Å²) in [5.41, 5.74) is 0.619. The van der Waals surface area contributed by atoms with E-state index >= 15 is 0 Å². The first-order valence-corrected chi connectivity index (χ1v) is 7.30. The Morgan fingerprint density at radius 1 is 1.16 bits per heavy atom. The Kier molecular flexibility index (Phi) is 5.60. The Hall–Kier alpha value is -0.380. The molecular formula is C16H30O3. The van der Waals surface area contributed by atoms with Crippen LogP contribution in [0, 0.1) is 5.92 Å². The SMILES string of the molecule is CC(C)=CCCC(C)CC1OOC(C)(C)C(C)(C)O1. The van der Waals surface area contributed by atoms with Gasteiger partial charge in [0.1, 0.15) is 5.60 Å². The predicted octanol–water partition coefficient (Wildman–Crippen LogP) is 4.62. The highest BCUT2D eigenvalue weighted by molar-refractivity contribution is 4.93. The molecule has 1 fully saturated rings. The summed E-state index contributed by atoms with van der Waals surface area (Å²) >= 11 is 0. The molecule has 3 heteroatoms. The number of ether oxygens (including phenoxy) is 1. The van der Waals surface area contributed by atoms with E-state index in [1.807, 2.05) is 13.8 Å². The van der Waals surface area contributed by atoms with Crippen LogP contribution in [0.4, 0.5) is 0 Å². The second kappa shape index (κ2) is 6.38. The van der Waals surface area contributed by atoms with Gasteiger partial charge < -0.3 is 4.74 Å². The molecule has 112 valence electrons. The molecule has 3 nitrogen and oxygen atoms in total. The van der Waals surface area contributed by atoms with Crippen LogP contribution >= 0.6 is 0 Å². The topological polar surface area (TPSA) is 27.7 Å². The van der Waals surface area contributed by atoms with Crippen molar-refractivity contribution in [1.82, 2.24) is 0 Å². The van der Waals surface area contributed by atoms with Crippen molar-refractivity contribution in [3.8, 4) is 0 Å². The Morgan fingerprint density at radius 2 is 1.79 bits per heavy atom. The molecule has 0 aliphatic carbocycles. The lowest BCUT2D eigenvalue weighted by Crippen LogP contribution is -2.56. The minimum atomic E-state index is -0.422. The van der Waals surface area contributed by atoms with Gasteiger partial charge in [0.2, 0.25) is 0 Å². The van der Waals surface area contributed by atoms with E-state index in [1.54, 1.807) is 0 Å². The molecule has 0 spiro atoms. The molecule has 0 N–H and O–H groups in total. The minimum Gasteiger partial charge on any atom is -0.341 e. The molecule has 0 aromatic rings. The van der Waals surface area contributed by atoms with E-state index in [0.717, 1.165) is 19.3 Å². The molecule has 0 aromatic carbocycles. The fourth-order valence-corrected chi connectivity index (χ4v) is 1.95. The maximum Gasteiger partial charge on any atom is 0.192 e. The second-order valence-corrected chi connectivity index (χ2v) is 6.95. The summed E-state index contributed by atoms with van der Waals surface area (Å²) in [6.07, 6.45) is 5.16. The normalized spacial score (nSPS) is 26.8. The fraction of sp³-hybridized carbons (Fsp3) is 0.875. The molecule has 0 aromatic heterocycles. The van der Waals surface area contributed by atoms with Crippen LogP contribution in [0.2, 0.25) is 0 Å². The monoisotopic (exact) mass is 270 g/mol. The Bertz CT molecular complexity index is 314. The van der Waals surface area contributed by atoms with Crippen molar-refractivity contribution in [2.45, 2.75) is 85.2 Å². The lowest BCUT2D eigenvalue weighted by Gasteiger charge is -2.46. The van der Waals surface area contributed by atoms with E-state index in [1.165, 1.54) is 5.57 Å². The molecule has 1 heterocycles. The summed E-state index contributed by atoms with van der Waals surface area (Å²) in [6, 6.07) is 0. The van der Waals surface area contributed by atoms with Crippen molar-refractivity contribution in [2.75, 3.05) is 0 Å². The zero-order chi connectivity index (χ0) is 14.7. The van der Waals surface area contributed by atoms with Crippen LogP contribution in [0.5, 0.6) is 0 Å². The molecule has 2 unspecified atom stereocenters. The summed E-state index contributed by atoms with van der Waals surface area (Å²) in [5.74, 6) is 0.557. The fourth-order valence-electron chi connectivity index (χ4n) is 1.95. The van der Waals surface area contributed by atoms with Crippen LogP contribution in [-0.4, -0.2) is 17.5 Å². The van der Waals surface area contributed by atoms with Crippen molar-refractivity contribution < 1.29 is 14.5 Å². The van der Waals surface area contributed by atoms with E-state index < -0.39 is 5.60 Å². The molecule has 1 aliphatic heterocycles. The second-order valence-electron chi connectivity index (χ2n) is 6.95. The number of hydrogen-bond donors (Lipinski definition) is 0. The van der Waals surface area contributed by atoms with Crippen LogP contribution in [-0.2, 0) is 14.5 Å². The number of rotatable bonds is 5. The van der Waals surface area contributed by atoms with Crippen molar-refractivity contribution in [2.24, 2.45) is 5.92 Å². The van der Waals surface area contributed by atoms with Crippen LogP contribution in [0.3, 0.4) is 0 Å². The highest BCUT2D eigenvalue weighted by Crippen LogP contribution is 2.36. The standard InChI is InChI=1S/C16H30O3/c1-12(2)9-8-10-13(3)11-14-17-15(4,5)16(6,7)19-18-14/h9,13-14H,8,10-11H2,1-7H3. The molecule has 1 aliphatic rings. The summed E-state index contributed by atoms with van der Waals surface area (Å²) in [6.45, 7) is 14.6. The van der Waals surface area contributed by atoms with Gasteiger partial charge in [-0.25, -0.2) is 9.78 Å². The molecule has 1 rings (SSSR count). The quantitative estimate of drug-likeness (QED) is 0.539. The lowest BCUT2D eigenvalue weighted by molar-refractivity contribution is -0.501. The van der Waals surface area contributed by atoms with Gasteiger partial charge in [-0.05, 0) is 60.3 Å². The van der Waals surface area contributed by atoms with Gasteiger partial charge in [-0.2, -0.15) is 0 Å². The van der Waals surface area contributed by atoms with Gasteiger partial charge in [0, 0.05) is 6.42 Å². The van der Waals surface area contributed by atoms with Crippen LogP contribution in [0.1, 0.15) is 67.7 Å². The van der Waals surface area contributed by atoms with Crippen LogP contribution < -0.4 is 0 Å². The molecule has 2 atom stereocenters. The van der Waals surface area contributed by atoms with Crippen molar-refractivity contribution in [1.29, 1.82) is 0 Å². The van der Waals surface area contributed by atoms with Gasteiger partial charge in [0.25, 0.3) is 0 Å². The molecule has 0 saturated carbocycles. The zero-order valence-corrected chi connectivity index (χ0v) is 13.6. The third-order valence-corrected chi connectivity index (χ3v) is 4.05. The third kappa shape index (κ3) is 4.90. The third-order valence-electron chi connectivity index (χ3n) is 4.05. The highest BCUT2D eigenvalue weighted by atomic mass is 17.2. The van der Waals surface area contributed by atoms with E-state index in [0.29, 0.717) is 5.92 Å². The van der Waals surface area contributed by atoms with E-state index in [-0.39, 0.29) is 11.9 Å². The minimum absolute atomic E-state index is 0.260. The summed E-state index contributed by atoms with van der Waals surface area (Å²) in [4.78, 5) is 10.9. The molecule has 19 heavy (non-hydrogen) atoms. The average Bonchev–Trinajstić information content (AvgIpc) is 2.23. The highest BCUT2D eigenvalue weighted by Gasteiger charge is 2.46. The van der Waals surface area contributed by atoms with Crippen LogP contribution in [0.25, 0.3) is 0 Å². The number of hydrogen-bond acceptors (Lipinski definition) is 3. The summed E-state index contributed by atoms with van der Waals surface area (Å²) < 4.78 is 6.02. The molecule has 0 radical (unpaired) electrons. The zero-order valence-electron chi connectivity index (χ0n) is 13.6. The smallest absolute Gasteiger partial charge is 0.192 e.